The Morgan fingerprint density at radius 2 is 2.36 bits per heavy atom. The third-order valence-corrected chi connectivity index (χ3v) is 2.48. The van der Waals surface area contributed by atoms with Crippen LogP contribution in [0.25, 0.3) is 0 Å². The first kappa shape index (κ1) is 11.2. The maximum atomic E-state index is 4.27. The first-order chi connectivity index (χ1) is 6.76. The summed E-state index contributed by atoms with van der Waals surface area (Å²) in [5.41, 5.74) is 1.36. The van der Waals surface area contributed by atoms with Gasteiger partial charge >= 0.3 is 0 Å². The molecule has 0 amide bonds. The Hall–Kier alpha value is -0.830. The molecule has 0 aliphatic carbocycles. The molecule has 0 saturated heterocycles. The summed E-state index contributed by atoms with van der Waals surface area (Å²) in [5, 5.41) is 7.45. The summed E-state index contributed by atoms with van der Waals surface area (Å²) in [7, 11) is 2.00. The van der Waals surface area contributed by atoms with Gasteiger partial charge in [0.25, 0.3) is 0 Å². The van der Waals surface area contributed by atoms with Crippen molar-refractivity contribution in [3.63, 3.8) is 0 Å². The number of hydrogen-bond acceptors (Lipinski definition) is 2. The summed E-state index contributed by atoms with van der Waals surface area (Å²) >= 11 is 0. The van der Waals surface area contributed by atoms with Gasteiger partial charge in [-0.25, -0.2) is 0 Å². The quantitative estimate of drug-likeness (QED) is 0.748. The first-order valence-corrected chi connectivity index (χ1v) is 5.42. The fourth-order valence-electron chi connectivity index (χ4n) is 1.58. The van der Waals surface area contributed by atoms with E-state index in [2.05, 4.69) is 30.5 Å². The van der Waals surface area contributed by atoms with Crippen molar-refractivity contribution >= 4 is 0 Å². The molecule has 3 heteroatoms. The minimum absolute atomic E-state index is 0.733. The Balaban J connectivity index is 2.35. The van der Waals surface area contributed by atoms with Crippen LogP contribution in [0.15, 0.2) is 12.4 Å². The van der Waals surface area contributed by atoms with E-state index in [0.29, 0.717) is 0 Å². The van der Waals surface area contributed by atoms with Crippen LogP contribution in [0.1, 0.15) is 25.8 Å². The van der Waals surface area contributed by atoms with Gasteiger partial charge in [0.05, 0.1) is 6.20 Å². The minimum atomic E-state index is 0.733. The topological polar surface area (TPSA) is 29.9 Å². The summed E-state index contributed by atoms with van der Waals surface area (Å²) in [5.74, 6) is 0.733. The van der Waals surface area contributed by atoms with E-state index in [1.165, 1.54) is 12.0 Å². The number of hydrogen-bond donors (Lipinski definition) is 1. The van der Waals surface area contributed by atoms with Crippen molar-refractivity contribution in [3.05, 3.63) is 18.0 Å². The molecule has 1 aromatic rings. The van der Waals surface area contributed by atoms with Crippen molar-refractivity contribution in [2.24, 2.45) is 5.92 Å². The molecule has 1 heterocycles. The van der Waals surface area contributed by atoms with Crippen LogP contribution in [0, 0.1) is 5.92 Å². The van der Waals surface area contributed by atoms with E-state index in [9.17, 15) is 0 Å². The van der Waals surface area contributed by atoms with Gasteiger partial charge in [-0.05, 0) is 44.8 Å². The molecule has 0 spiro atoms. The molecule has 14 heavy (non-hydrogen) atoms. The van der Waals surface area contributed by atoms with E-state index in [0.717, 1.165) is 25.4 Å². The van der Waals surface area contributed by atoms with E-state index in [4.69, 9.17) is 0 Å². The van der Waals surface area contributed by atoms with Gasteiger partial charge in [0.2, 0.25) is 0 Å². The predicted molar refractivity (Wildman–Crippen MR) is 59.3 cm³/mol. The largest absolute Gasteiger partial charge is 0.320 e. The van der Waals surface area contributed by atoms with Gasteiger partial charge in [0, 0.05) is 12.7 Å². The highest BCUT2D eigenvalue weighted by Gasteiger charge is 2.04. The molecule has 80 valence electrons. The van der Waals surface area contributed by atoms with Crippen molar-refractivity contribution in [3.8, 4) is 0 Å². The van der Waals surface area contributed by atoms with Crippen LogP contribution in [-0.2, 0) is 13.0 Å². The van der Waals surface area contributed by atoms with E-state index in [1.54, 1.807) is 0 Å². The zero-order valence-corrected chi connectivity index (χ0v) is 9.45. The molecule has 1 aromatic heterocycles. The summed E-state index contributed by atoms with van der Waals surface area (Å²) in [4.78, 5) is 0. The Bertz CT molecular complexity index is 255. The van der Waals surface area contributed by atoms with E-state index < -0.39 is 0 Å². The zero-order chi connectivity index (χ0) is 10.4. The molecule has 0 radical (unpaired) electrons. The molecule has 3 nitrogen and oxygen atoms in total. The molecule has 0 bridgehead atoms. The van der Waals surface area contributed by atoms with Gasteiger partial charge in [-0.15, -0.1) is 0 Å². The number of aryl methyl sites for hydroxylation is 1. The molecular weight excluding hydrogens is 174 g/mol. The van der Waals surface area contributed by atoms with Crippen LogP contribution < -0.4 is 5.32 Å². The SMILES string of the molecule is CCn1cc(CC(C)CCNC)cn1. The molecule has 1 rings (SSSR count). The highest BCUT2D eigenvalue weighted by atomic mass is 15.3. The average Bonchev–Trinajstić information content (AvgIpc) is 2.62. The third kappa shape index (κ3) is 3.50. The van der Waals surface area contributed by atoms with Crippen molar-refractivity contribution in [1.82, 2.24) is 15.1 Å². The van der Waals surface area contributed by atoms with Crippen LogP contribution in [0.4, 0.5) is 0 Å². The summed E-state index contributed by atoms with van der Waals surface area (Å²) < 4.78 is 1.99. The van der Waals surface area contributed by atoms with Crippen molar-refractivity contribution in [2.75, 3.05) is 13.6 Å². The van der Waals surface area contributed by atoms with Crippen LogP contribution in [0.5, 0.6) is 0 Å². The summed E-state index contributed by atoms with van der Waals surface area (Å²) in [6, 6.07) is 0. The van der Waals surface area contributed by atoms with Crippen LogP contribution in [0.3, 0.4) is 0 Å². The summed E-state index contributed by atoms with van der Waals surface area (Å²) in [6.45, 7) is 6.47. The maximum Gasteiger partial charge on any atom is 0.0521 e. The highest BCUT2D eigenvalue weighted by molar-refractivity contribution is 5.04. The Morgan fingerprint density at radius 1 is 1.57 bits per heavy atom. The van der Waals surface area contributed by atoms with E-state index in [1.807, 2.05) is 17.9 Å². The fraction of sp³-hybridized carbons (Fsp3) is 0.727. The van der Waals surface area contributed by atoms with E-state index in [-0.39, 0.29) is 0 Å². The second-order valence-electron chi connectivity index (χ2n) is 3.91. The first-order valence-electron chi connectivity index (χ1n) is 5.42. The molecule has 1 N–H and O–H groups in total. The molecule has 0 fully saturated rings. The number of nitrogens with zero attached hydrogens (tertiary/aromatic N) is 2. The normalized spacial score (nSPS) is 13.1. The van der Waals surface area contributed by atoms with Gasteiger partial charge in [-0.3, -0.25) is 4.68 Å². The lowest BCUT2D eigenvalue weighted by Crippen LogP contribution is -2.12. The molecule has 0 aliphatic rings. The fourth-order valence-corrected chi connectivity index (χ4v) is 1.58. The molecule has 0 aromatic carbocycles. The number of aromatic nitrogens is 2. The highest BCUT2D eigenvalue weighted by Crippen LogP contribution is 2.10. The molecule has 0 saturated carbocycles. The lowest BCUT2D eigenvalue weighted by Gasteiger charge is -2.08. The van der Waals surface area contributed by atoms with Crippen molar-refractivity contribution in [1.29, 1.82) is 0 Å². The van der Waals surface area contributed by atoms with Gasteiger partial charge in [0.15, 0.2) is 0 Å². The lowest BCUT2D eigenvalue weighted by molar-refractivity contribution is 0.514. The average molecular weight is 195 g/mol. The summed E-state index contributed by atoms with van der Waals surface area (Å²) in [6.07, 6.45) is 6.50. The maximum absolute atomic E-state index is 4.27. The van der Waals surface area contributed by atoms with Crippen LogP contribution in [-0.4, -0.2) is 23.4 Å². The monoisotopic (exact) mass is 195 g/mol. The predicted octanol–water partition coefficient (Wildman–Crippen LogP) is 1.69. The smallest absolute Gasteiger partial charge is 0.0521 e. The van der Waals surface area contributed by atoms with Crippen molar-refractivity contribution in [2.45, 2.75) is 33.2 Å². The van der Waals surface area contributed by atoms with Gasteiger partial charge in [-0.1, -0.05) is 6.92 Å². The zero-order valence-electron chi connectivity index (χ0n) is 9.45. The second kappa shape index (κ2) is 5.81. The molecule has 1 unspecified atom stereocenters. The molecule has 1 atom stereocenters. The number of nitrogens with one attached hydrogen (secondary N) is 1. The van der Waals surface area contributed by atoms with Gasteiger partial charge < -0.3 is 5.32 Å². The van der Waals surface area contributed by atoms with Crippen molar-refractivity contribution < 1.29 is 0 Å². The Labute approximate surface area is 86.5 Å². The number of rotatable bonds is 6. The second-order valence-corrected chi connectivity index (χ2v) is 3.91. The molecular formula is C11H21N3. The van der Waals surface area contributed by atoms with E-state index >= 15 is 0 Å². The Kier molecular flexibility index (Phi) is 4.66. The van der Waals surface area contributed by atoms with Crippen LogP contribution >= 0.6 is 0 Å². The lowest BCUT2D eigenvalue weighted by atomic mass is 10.0. The minimum Gasteiger partial charge on any atom is -0.320 e. The standard InChI is InChI=1S/C11H21N3/c1-4-14-9-11(8-13-14)7-10(2)5-6-12-3/h8-10,12H,4-7H2,1-3H3. The van der Waals surface area contributed by atoms with Crippen LogP contribution in [0.2, 0.25) is 0 Å². The van der Waals surface area contributed by atoms with Gasteiger partial charge in [0.1, 0.15) is 0 Å². The van der Waals surface area contributed by atoms with Gasteiger partial charge in [-0.2, -0.15) is 5.10 Å². The third-order valence-electron chi connectivity index (χ3n) is 2.48. The Morgan fingerprint density at radius 3 is 2.93 bits per heavy atom. The molecule has 0 aliphatic heterocycles.